The second-order valence-electron chi connectivity index (χ2n) is 8.39. The molecule has 9 heteroatoms. The lowest BCUT2D eigenvalue weighted by Crippen LogP contribution is -2.50. The van der Waals surface area contributed by atoms with Crippen molar-refractivity contribution >= 4 is 17.2 Å². The number of aromatic nitrogens is 2. The van der Waals surface area contributed by atoms with Crippen LogP contribution in [0, 0.1) is 0 Å². The van der Waals surface area contributed by atoms with E-state index in [4.69, 9.17) is 4.42 Å². The van der Waals surface area contributed by atoms with Gasteiger partial charge in [-0.25, -0.2) is 18.6 Å². The first-order valence-electron chi connectivity index (χ1n) is 10.9. The van der Waals surface area contributed by atoms with E-state index < -0.39 is 30.2 Å². The van der Waals surface area contributed by atoms with E-state index in [1.54, 1.807) is 12.1 Å². The average molecular weight is 465 g/mol. The van der Waals surface area contributed by atoms with E-state index in [2.05, 4.69) is 10.3 Å². The lowest BCUT2D eigenvalue weighted by Gasteiger charge is -2.42. The van der Waals surface area contributed by atoms with Crippen LogP contribution >= 0.6 is 0 Å². The Morgan fingerprint density at radius 1 is 1.12 bits per heavy atom. The number of benzene rings is 2. The van der Waals surface area contributed by atoms with Gasteiger partial charge in [-0.1, -0.05) is 54.6 Å². The van der Waals surface area contributed by atoms with E-state index in [0.717, 1.165) is 22.9 Å². The van der Waals surface area contributed by atoms with Crippen molar-refractivity contribution in [2.75, 3.05) is 0 Å². The van der Waals surface area contributed by atoms with Crippen molar-refractivity contribution in [3.8, 4) is 22.5 Å². The molecule has 1 saturated carbocycles. The smallest absolute Gasteiger partial charge is 0.405 e. The van der Waals surface area contributed by atoms with Crippen molar-refractivity contribution in [1.82, 2.24) is 14.9 Å². The van der Waals surface area contributed by atoms with Crippen LogP contribution < -0.4 is 10.9 Å². The van der Waals surface area contributed by atoms with Crippen LogP contribution in [0.5, 0.6) is 0 Å². The molecular weight excluding hydrogens is 444 g/mol. The van der Waals surface area contributed by atoms with Crippen LogP contribution in [0.2, 0.25) is 0 Å². The van der Waals surface area contributed by atoms with Gasteiger partial charge in [0.15, 0.2) is 0 Å². The number of furan rings is 1. The first kappa shape index (κ1) is 21.8. The van der Waals surface area contributed by atoms with E-state index in [1.165, 1.54) is 0 Å². The summed E-state index contributed by atoms with van der Waals surface area (Å²) in [4.78, 5) is 28.5. The SMILES string of the molecule is O=C(O)NC1(c2ccc(-c3oc4ncn(CC(F)F)c(=O)c4c3-c3ccccc3)cc2)CCC1. The molecule has 2 N–H and O–H groups in total. The Morgan fingerprint density at radius 3 is 2.41 bits per heavy atom. The highest BCUT2D eigenvalue weighted by atomic mass is 19.3. The van der Waals surface area contributed by atoms with Crippen LogP contribution in [0.25, 0.3) is 33.6 Å². The molecule has 4 aromatic rings. The van der Waals surface area contributed by atoms with Gasteiger partial charge in [-0.3, -0.25) is 9.36 Å². The Balaban J connectivity index is 1.66. The van der Waals surface area contributed by atoms with Crippen LogP contribution in [-0.4, -0.2) is 27.2 Å². The van der Waals surface area contributed by atoms with Gasteiger partial charge in [-0.2, -0.15) is 0 Å². The Morgan fingerprint density at radius 2 is 1.82 bits per heavy atom. The fourth-order valence-corrected chi connectivity index (χ4v) is 4.55. The van der Waals surface area contributed by atoms with Gasteiger partial charge in [0.2, 0.25) is 5.71 Å². The number of nitrogens with zero attached hydrogens (tertiary/aromatic N) is 2. The van der Waals surface area contributed by atoms with E-state index in [1.807, 2.05) is 42.5 Å². The summed E-state index contributed by atoms with van der Waals surface area (Å²) in [7, 11) is 0. The third kappa shape index (κ3) is 3.72. The second-order valence-corrected chi connectivity index (χ2v) is 8.39. The molecule has 2 aromatic carbocycles. The van der Waals surface area contributed by atoms with Crippen LogP contribution in [-0.2, 0) is 12.1 Å². The van der Waals surface area contributed by atoms with Gasteiger partial charge in [0.1, 0.15) is 17.5 Å². The Hall–Kier alpha value is -4.01. The molecule has 34 heavy (non-hydrogen) atoms. The summed E-state index contributed by atoms with van der Waals surface area (Å²) in [5, 5.41) is 12.0. The zero-order valence-corrected chi connectivity index (χ0v) is 18.0. The van der Waals surface area contributed by atoms with Crippen molar-refractivity contribution < 1.29 is 23.1 Å². The van der Waals surface area contributed by atoms with Crippen LogP contribution in [0.15, 0.2) is 70.1 Å². The Kier molecular flexibility index (Phi) is 5.39. The van der Waals surface area contributed by atoms with E-state index in [0.29, 0.717) is 35.3 Å². The molecule has 2 heterocycles. The van der Waals surface area contributed by atoms with Crippen molar-refractivity contribution in [3.05, 3.63) is 76.8 Å². The predicted octanol–water partition coefficient (Wildman–Crippen LogP) is 5.24. The summed E-state index contributed by atoms with van der Waals surface area (Å²) < 4.78 is 32.9. The quantitative estimate of drug-likeness (QED) is 0.406. The minimum Gasteiger partial charge on any atom is -0.465 e. The number of carbonyl (C=O) groups is 1. The maximum atomic E-state index is 13.1. The van der Waals surface area contributed by atoms with Gasteiger partial charge in [0.05, 0.1) is 12.1 Å². The monoisotopic (exact) mass is 465 g/mol. The Labute approximate surface area is 192 Å². The van der Waals surface area contributed by atoms with Gasteiger partial charge in [0, 0.05) is 11.1 Å². The molecule has 1 fully saturated rings. The van der Waals surface area contributed by atoms with Crippen LogP contribution in [0.4, 0.5) is 13.6 Å². The summed E-state index contributed by atoms with van der Waals surface area (Å²) in [6, 6.07) is 16.4. The predicted molar refractivity (Wildman–Crippen MR) is 122 cm³/mol. The third-order valence-corrected chi connectivity index (χ3v) is 6.33. The third-order valence-electron chi connectivity index (χ3n) is 6.33. The topological polar surface area (TPSA) is 97.4 Å². The maximum Gasteiger partial charge on any atom is 0.405 e. The van der Waals surface area contributed by atoms with Gasteiger partial charge in [0.25, 0.3) is 12.0 Å². The fourth-order valence-electron chi connectivity index (χ4n) is 4.55. The number of fused-ring (bicyclic) bond motifs is 1. The molecule has 0 spiro atoms. The van der Waals surface area contributed by atoms with Crippen molar-refractivity contribution in [1.29, 1.82) is 0 Å². The largest absolute Gasteiger partial charge is 0.465 e. The molecule has 0 unspecified atom stereocenters. The molecule has 1 aliphatic rings. The lowest BCUT2D eigenvalue weighted by molar-refractivity contribution is 0.125. The van der Waals surface area contributed by atoms with E-state index >= 15 is 0 Å². The highest BCUT2D eigenvalue weighted by Gasteiger charge is 2.40. The first-order valence-corrected chi connectivity index (χ1v) is 10.9. The van der Waals surface area contributed by atoms with Crippen molar-refractivity contribution in [2.45, 2.75) is 37.8 Å². The standard InChI is InChI=1S/C25H21F2N3O4/c26-18(27)13-30-14-28-22-20(23(30)31)19(15-5-2-1-3-6-15)21(34-22)16-7-9-17(10-8-16)25(11-4-12-25)29-24(32)33/h1-3,5-10,14,18,29H,4,11-13H2,(H,32,33). The summed E-state index contributed by atoms with van der Waals surface area (Å²) in [5.41, 5.74) is 1.53. The minimum atomic E-state index is -2.70. The van der Waals surface area contributed by atoms with Gasteiger partial charge in [-0.15, -0.1) is 0 Å². The molecule has 0 bridgehead atoms. The number of halogens is 2. The second kappa shape index (κ2) is 8.40. The molecule has 1 aliphatic carbocycles. The molecule has 0 radical (unpaired) electrons. The number of nitrogens with one attached hydrogen (secondary N) is 1. The lowest BCUT2D eigenvalue weighted by atomic mass is 9.72. The normalized spacial score (nSPS) is 14.8. The zero-order chi connectivity index (χ0) is 23.9. The molecule has 0 atom stereocenters. The number of rotatable bonds is 6. The molecule has 174 valence electrons. The number of hydrogen-bond acceptors (Lipinski definition) is 4. The van der Waals surface area contributed by atoms with E-state index in [-0.39, 0.29) is 11.1 Å². The molecule has 5 rings (SSSR count). The molecule has 7 nitrogen and oxygen atoms in total. The molecular formula is C25H21F2N3O4. The fraction of sp³-hybridized carbons (Fsp3) is 0.240. The molecule has 0 aliphatic heterocycles. The maximum absolute atomic E-state index is 13.1. The van der Waals surface area contributed by atoms with Crippen molar-refractivity contribution in [3.63, 3.8) is 0 Å². The summed E-state index contributed by atoms with van der Waals surface area (Å²) in [5.74, 6) is 0.390. The van der Waals surface area contributed by atoms with Crippen LogP contribution in [0.1, 0.15) is 24.8 Å². The van der Waals surface area contributed by atoms with Gasteiger partial charge in [-0.05, 0) is 30.4 Å². The highest BCUT2D eigenvalue weighted by Crippen LogP contribution is 2.43. The summed E-state index contributed by atoms with van der Waals surface area (Å²) >= 11 is 0. The number of carboxylic acid groups (broad SMARTS) is 1. The highest BCUT2D eigenvalue weighted by molar-refractivity contribution is 5.99. The van der Waals surface area contributed by atoms with Gasteiger partial charge < -0.3 is 14.8 Å². The van der Waals surface area contributed by atoms with E-state index in [9.17, 15) is 23.5 Å². The van der Waals surface area contributed by atoms with Gasteiger partial charge >= 0.3 is 6.09 Å². The number of amides is 1. The molecule has 1 amide bonds. The minimum absolute atomic E-state index is 0.0662. The molecule has 0 saturated heterocycles. The number of alkyl halides is 2. The zero-order valence-electron chi connectivity index (χ0n) is 18.0. The molecule has 2 aromatic heterocycles. The van der Waals surface area contributed by atoms with Crippen molar-refractivity contribution in [2.24, 2.45) is 0 Å². The summed E-state index contributed by atoms with van der Waals surface area (Å²) in [6.07, 6.45) is -0.341. The first-order chi connectivity index (χ1) is 16.4. The average Bonchev–Trinajstić information content (AvgIpc) is 3.19. The van der Waals surface area contributed by atoms with Crippen LogP contribution in [0.3, 0.4) is 0 Å². The number of hydrogen-bond donors (Lipinski definition) is 2. The summed E-state index contributed by atoms with van der Waals surface area (Å²) in [6.45, 7) is -0.760. The Bertz CT molecular complexity index is 1410.